The zero-order valence-electron chi connectivity index (χ0n) is 20.7. The fourth-order valence-electron chi connectivity index (χ4n) is 3.78. The van der Waals surface area contributed by atoms with E-state index in [1.807, 2.05) is 84.9 Å². The van der Waals surface area contributed by atoms with Gasteiger partial charge in [0.25, 0.3) is 0 Å². The van der Waals surface area contributed by atoms with Gasteiger partial charge in [-0.3, -0.25) is 4.98 Å². The Morgan fingerprint density at radius 3 is 2.21 bits per heavy atom. The zero-order valence-corrected chi connectivity index (χ0v) is 21.6. The van der Waals surface area contributed by atoms with Crippen LogP contribution in [0.2, 0.25) is 0 Å². The molecule has 2 heterocycles. The molecule has 0 radical (unpaired) electrons. The first-order valence-electron chi connectivity index (χ1n) is 12.1. The number of nitrogens with two attached hydrogens (primary N) is 1. The SMILES string of the molecule is Nc1ccc(-c2ccc(C(=O)OCc3ccccc3NC(=S)Nc3ccc(-c4ccccc4)nn3)cc2)nc1. The lowest BCUT2D eigenvalue weighted by Gasteiger charge is -2.14. The smallest absolute Gasteiger partial charge is 0.338 e. The molecule has 0 saturated heterocycles. The summed E-state index contributed by atoms with van der Waals surface area (Å²) in [5.41, 5.74) is 11.6. The summed E-state index contributed by atoms with van der Waals surface area (Å²) in [5, 5.41) is 15.0. The second-order valence-electron chi connectivity index (χ2n) is 8.54. The molecule has 39 heavy (non-hydrogen) atoms. The van der Waals surface area contributed by atoms with Crippen molar-refractivity contribution in [2.45, 2.75) is 6.61 Å². The Morgan fingerprint density at radius 1 is 0.769 bits per heavy atom. The summed E-state index contributed by atoms with van der Waals surface area (Å²) in [7, 11) is 0. The molecule has 0 aliphatic carbocycles. The summed E-state index contributed by atoms with van der Waals surface area (Å²) in [6, 6.07) is 31.6. The predicted molar refractivity (Wildman–Crippen MR) is 157 cm³/mol. The number of para-hydroxylation sites is 1. The van der Waals surface area contributed by atoms with Gasteiger partial charge < -0.3 is 21.1 Å². The van der Waals surface area contributed by atoms with Crippen LogP contribution in [0.1, 0.15) is 15.9 Å². The number of hydrogen-bond donors (Lipinski definition) is 3. The van der Waals surface area contributed by atoms with Crippen molar-refractivity contribution in [2.24, 2.45) is 0 Å². The summed E-state index contributed by atoms with van der Waals surface area (Å²) in [5.74, 6) is 0.0739. The lowest BCUT2D eigenvalue weighted by atomic mass is 10.1. The first kappa shape index (κ1) is 25.5. The molecule has 0 aliphatic rings. The molecule has 0 atom stereocenters. The lowest BCUT2D eigenvalue weighted by Crippen LogP contribution is -2.21. The number of benzene rings is 3. The van der Waals surface area contributed by atoms with Crippen LogP contribution in [0.25, 0.3) is 22.5 Å². The van der Waals surface area contributed by atoms with Crippen molar-refractivity contribution < 1.29 is 9.53 Å². The monoisotopic (exact) mass is 532 g/mol. The first-order chi connectivity index (χ1) is 19.0. The predicted octanol–water partition coefficient (Wildman–Crippen LogP) is 5.95. The topological polar surface area (TPSA) is 115 Å². The normalized spacial score (nSPS) is 10.5. The van der Waals surface area contributed by atoms with Gasteiger partial charge in [-0.05, 0) is 54.7 Å². The van der Waals surface area contributed by atoms with Gasteiger partial charge in [0.15, 0.2) is 10.9 Å². The fraction of sp³-hybridized carbons (Fsp3) is 0.0333. The van der Waals surface area contributed by atoms with Gasteiger partial charge in [0.2, 0.25) is 0 Å². The Hall–Kier alpha value is -5.15. The van der Waals surface area contributed by atoms with Gasteiger partial charge in [0.05, 0.1) is 28.8 Å². The third kappa shape index (κ3) is 6.60. The van der Waals surface area contributed by atoms with Crippen LogP contribution < -0.4 is 16.4 Å². The average molecular weight is 533 g/mol. The van der Waals surface area contributed by atoms with E-state index in [2.05, 4.69) is 25.8 Å². The molecule has 8 nitrogen and oxygen atoms in total. The fourth-order valence-corrected chi connectivity index (χ4v) is 3.99. The van der Waals surface area contributed by atoms with Gasteiger partial charge in [0.1, 0.15) is 6.61 Å². The number of thiocarbonyl (C=S) groups is 1. The molecule has 0 aliphatic heterocycles. The number of esters is 1. The largest absolute Gasteiger partial charge is 0.457 e. The molecule has 5 rings (SSSR count). The van der Waals surface area contributed by atoms with E-state index in [1.54, 1.807) is 24.4 Å². The number of aromatic nitrogens is 3. The molecule has 0 bridgehead atoms. The highest BCUT2D eigenvalue weighted by molar-refractivity contribution is 7.80. The van der Waals surface area contributed by atoms with Crippen molar-refractivity contribution in [3.8, 4) is 22.5 Å². The number of nitrogen functional groups attached to an aromatic ring is 1. The molecular formula is C30H24N6O2S. The third-order valence-corrected chi connectivity index (χ3v) is 6.01. The van der Waals surface area contributed by atoms with Gasteiger partial charge in [-0.25, -0.2) is 4.79 Å². The number of rotatable bonds is 7. The van der Waals surface area contributed by atoms with Crippen molar-refractivity contribution in [1.29, 1.82) is 0 Å². The molecule has 0 unspecified atom stereocenters. The van der Waals surface area contributed by atoms with E-state index in [0.717, 1.165) is 28.1 Å². The van der Waals surface area contributed by atoms with Gasteiger partial charge in [-0.15, -0.1) is 10.2 Å². The number of ether oxygens (including phenoxy) is 1. The molecule has 3 aromatic carbocycles. The Morgan fingerprint density at radius 2 is 1.49 bits per heavy atom. The van der Waals surface area contributed by atoms with Gasteiger partial charge >= 0.3 is 5.97 Å². The van der Waals surface area contributed by atoms with Crippen LogP contribution in [0, 0.1) is 0 Å². The minimum Gasteiger partial charge on any atom is -0.457 e. The van der Waals surface area contributed by atoms with E-state index in [-0.39, 0.29) is 6.61 Å². The molecule has 192 valence electrons. The third-order valence-electron chi connectivity index (χ3n) is 5.80. The van der Waals surface area contributed by atoms with E-state index >= 15 is 0 Å². The highest BCUT2D eigenvalue weighted by Crippen LogP contribution is 2.21. The summed E-state index contributed by atoms with van der Waals surface area (Å²) in [6.07, 6.45) is 1.60. The maximum Gasteiger partial charge on any atom is 0.338 e. The van der Waals surface area contributed by atoms with E-state index < -0.39 is 5.97 Å². The Kier molecular flexibility index (Phi) is 7.80. The standard InChI is InChI=1S/C30H24N6O2S/c31-24-14-15-25(32-18-24)21-10-12-22(13-11-21)29(37)38-19-23-8-4-5-9-26(23)33-30(39)34-28-17-16-27(35-36-28)20-6-2-1-3-7-20/h1-18H,19,31H2,(H2,33,34,36,39). The van der Waals surface area contributed by atoms with Crippen LogP contribution in [0.3, 0.4) is 0 Å². The lowest BCUT2D eigenvalue weighted by molar-refractivity contribution is 0.0473. The second-order valence-corrected chi connectivity index (χ2v) is 8.94. The minimum atomic E-state index is -0.434. The van der Waals surface area contributed by atoms with Crippen LogP contribution in [-0.2, 0) is 11.3 Å². The molecule has 0 saturated carbocycles. The number of nitrogens with zero attached hydrogens (tertiary/aromatic N) is 3. The molecule has 2 aromatic heterocycles. The first-order valence-corrected chi connectivity index (χ1v) is 12.5. The summed E-state index contributed by atoms with van der Waals surface area (Å²) in [6.45, 7) is 0.0669. The van der Waals surface area contributed by atoms with Crippen LogP contribution in [0.4, 0.5) is 17.2 Å². The van der Waals surface area contributed by atoms with Crippen LogP contribution >= 0.6 is 12.2 Å². The number of anilines is 3. The average Bonchev–Trinajstić information content (AvgIpc) is 2.98. The van der Waals surface area contributed by atoms with Crippen molar-refractivity contribution in [3.05, 3.63) is 120 Å². The Labute approximate surface area is 230 Å². The maximum atomic E-state index is 12.7. The van der Waals surface area contributed by atoms with E-state index in [1.165, 1.54) is 0 Å². The molecule has 9 heteroatoms. The van der Waals surface area contributed by atoms with Gasteiger partial charge in [-0.2, -0.15) is 0 Å². The second kappa shape index (κ2) is 11.9. The molecule has 0 fully saturated rings. The van der Waals surface area contributed by atoms with Crippen molar-refractivity contribution >= 4 is 40.5 Å². The van der Waals surface area contributed by atoms with Crippen molar-refractivity contribution in [2.75, 3.05) is 16.4 Å². The number of hydrogen-bond acceptors (Lipinski definition) is 7. The van der Waals surface area contributed by atoms with Crippen molar-refractivity contribution in [1.82, 2.24) is 15.2 Å². The maximum absolute atomic E-state index is 12.7. The summed E-state index contributed by atoms with van der Waals surface area (Å²) in [4.78, 5) is 17.0. The summed E-state index contributed by atoms with van der Waals surface area (Å²) < 4.78 is 5.57. The van der Waals surface area contributed by atoms with Crippen LogP contribution in [0.15, 0.2) is 109 Å². The number of pyridine rings is 1. The number of nitrogens with one attached hydrogen (secondary N) is 2. The highest BCUT2D eigenvalue weighted by Gasteiger charge is 2.11. The molecular weight excluding hydrogens is 508 g/mol. The summed E-state index contributed by atoms with van der Waals surface area (Å²) >= 11 is 5.47. The van der Waals surface area contributed by atoms with Crippen molar-refractivity contribution in [3.63, 3.8) is 0 Å². The highest BCUT2D eigenvalue weighted by atomic mass is 32.1. The minimum absolute atomic E-state index is 0.0669. The van der Waals surface area contributed by atoms with Crippen LogP contribution in [-0.4, -0.2) is 26.3 Å². The Balaban J connectivity index is 1.18. The number of carbonyl (C=O) groups excluding carboxylic acids is 1. The quantitative estimate of drug-likeness (QED) is 0.173. The molecule has 0 amide bonds. The van der Waals surface area contributed by atoms with E-state index in [4.69, 9.17) is 22.7 Å². The molecule has 4 N–H and O–H groups in total. The molecule has 0 spiro atoms. The van der Waals surface area contributed by atoms with Crippen LogP contribution in [0.5, 0.6) is 0 Å². The molecule has 5 aromatic rings. The zero-order chi connectivity index (χ0) is 27.0. The van der Waals surface area contributed by atoms with E-state index in [0.29, 0.717) is 27.9 Å². The number of carbonyl (C=O) groups is 1. The van der Waals surface area contributed by atoms with Gasteiger partial charge in [0, 0.05) is 22.4 Å². The Bertz CT molecular complexity index is 1580. The van der Waals surface area contributed by atoms with E-state index in [9.17, 15) is 4.79 Å². The van der Waals surface area contributed by atoms with Gasteiger partial charge in [-0.1, -0.05) is 60.7 Å².